The lowest BCUT2D eigenvalue weighted by Gasteiger charge is -2.39. The molecule has 4 nitrogen and oxygen atoms in total. The lowest BCUT2D eigenvalue weighted by molar-refractivity contribution is 0.0829. The topological polar surface area (TPSA) is 27.7 Å². The van der Waals surface area contributed by atoms with E-state index in [0.29, 0.717) is 6.04 Å². The van der Waals surface area contributed by atoms with Crippen LogP contribution in [0.1, 0.15) is 25.0 Å². The van der Waals surface area contributed by atoms with Crippen molar-refractivity contribution in [1.82, 2.24) is 15.1 Å². The molecule has 1 aliphatic heterocycles. The van der Waals surface area contributed by atoms with Crippen LogP contribution < -0.4 is 10.1 Å². The summed E-state index contributed by atoms with van der Waals surface area (Å²) >= 11 is 0. The number of nitrogens with one attached hydrogen (secondary N) is 1. The number of benzene rings is 1. The summed E-state index contributed by atoms with van der Waals surface area (Å²) < 4.78 is 5.53. The molecule has 0 amide bonds. The molecule has 118 valence electrons. The van der Waals surface area contributed by atoms with Gasteiger partial charge in [-0.2, -0.15) is 0 Å². The Morgan fingerprint density at radius 3 is 2.76 bits per heavy atom. The van der Waals surface area contributed by atoms with Crippen LogP contribution in [-0.4, -0.2) is 56.2 Å². The van der Waals surface area contributed by atoms with E-state index in [9.17, 15) is 0 Å². The van der Waals surface area contributed by atoms with Crippen LogP contribution in [0.4, 0.5) is 0 Å². The molecule has 1 aromatic rings. The van der Waals surface area contributed by atoms with E-state index in [1.54, 1.807) is 7.11 Å². The van der Waals surface area contributed by atoms with Crippen molar-refractivity contribution >= 4 is 0 Å². The number of nitrogens with zero attached hydrogens (tertiary/aromatic N) is 2. The third-order valence-corrected chi connectivity index (χ3v) is 4.38. The summed E-state index contributed by atoms with van der Waals surface area (Å²) in [4.78, 5) is 5.09. The summed E-state index contributed by atoms with van der Waals surface area (Å²) in [5.41, 5.74) is 2.61. The van der Waals surface area contributed by atoms with E-state index in [-0.39, 0.29) is 0 Å². The van der Waals surface area contributed by atoms with Gasteiger partial charge in [0.15, 0.2) is 0 Å². The zero-order valence-corrected chi connectivity index (χ0v) is 13.9. The molecule has 1 saturated heterocycles. The molecule has 1 N–H and O–H groups in total. The molecule has 1 aromatic carbocycles. The van der Waals surface area contributed by atoms with Gasteiger partial charge in [-0.25, -0.2) is 0 Å². The van der Waals surface area contributed by atoms with E-state index in [2.05, 4.69) is 47.2 Å². The van der Waals surface area contributed by atoms with Crippen LogP contribution in [0.2, 0.25) is 0 Å². The van der Waals surface area contributed by atoms with Gasteiger partial charge in [-0.15, -0.1) is 0 Å². The Labute approximate surface area is 129 Å². The van der Waals surface area contributed by atoms with Crippen LogP contribution in [0.25, 0.3) is 0 Å². The number of rotatable bonds is 6. The summed E-state index contributed by atoms with van der Waals surface area (Å²) in [5, 5.41) is 3.21. The normalized spacial score (nSPS) is 20.7. The molecular weight excluding hydrogens is 262 g/mol. The van der Waals surface area contributed by atoms with Gasteiger partial charge in [0.1, 0.15) is 5.75 Å². The maximum atomic E-state index is 5.53. The van der Waals surface area contributed by atoms with Gasteiger partial charge in [0, 0.05) is 44.3 Å². The van der Waals surface area contributed by atoms with Gasteiger partial charge in [-0.3, -0.25) is 9.80 Å². The van der Waals surface area contributed by atoms with Crippen LogP contribution in [0.3, 0.4) is 0 Å². The molecule has 2 rings (SSSR count). The molecule has 1 heterocycles. The van der Waals surface area contributed by atoms with Crippen LogP contribution in [0, 0.1) is 0 Å². The Morgan fingerprint density at radius 1 is 1.33 bits per heavy atom. The second-order valence-corrected chi connectivity index (χ2v) is 5.89. The number of piperazine rings is 1. The summed E-state index contributed by atoms with van der Waals surface area (Å²) in [6.07, 6.45) is 0. The van der Waals surface area contributed by atoms with E-state index < -0.39 is 0 Å². The fourth-order valence-electron chi connectivity index (χ4n) is 3.19. The fraction of sp³-hybridized carbons (Fsp3) is 0.647. The first kappa shape index (κ1) is 16.3. The lowest BCUT2D eigenvalue weighted by atomic mass is 10.1. The highest BCUT2D eigenvalue weighted by atomic mass is 16.5. The highest BCUT2D eigenvalue weighted by Gasteiger charge is 2.23. The van der Waals surface area contributed by atoms with Crippen molar-refractivity contribution in [3.63, 3.8) is 0 Å². The average Bonchev–Trinajstić information content (AvgIpc) is 2.48. The van der Waals surface area contributed by atoms with Crippen molar-refractivity contribution in [2.24, 2.45) is 0 Å². The van der Waals surface area contributed by atoms with Crippen molar-refractivity contribution in [3.05, 3.63) is 29.3 Å². The maximum absolute atomic E-state index is 5.53. The Morgan fingerprint density at radius 2 is 2.14 bits per heavy atom. The maximum Gasteiger partial charge on any atom is 0.123 e. The van der Waals surface area contributed by atoms with Crippen LogP contribution in [-0.2, 0) is 13.1 Å². The molecule has 0 saturated carbocycles. The first-order valence-corrected chi connectivity index (χ1v) is 7.94. The van der Waals surface area contributed by atoms with Gasteiger partial charge >= 0.3 is 0 Å². The molecule has 21 heavy (non-hydrogen) atoms. The van der Waals surface area contributed by atoms with E-state index in [1.807, 2.05) is 7.05 Å². The van der Waals surface area contributed by atoms with Crippen LogP contribution >= 0.6 is 0 Å². The molecule has 1 unspecified atom stereocenters. The van der Waals surface area contributed by atoms with Gasteiger partial charge < -0.3 is 10.1 Å². The van der Waals surface area contributed by atoms with Crippen LogP contribution in [0.5, 0.6) is 5.75 Å². The van der Waals surface area contributed by atoms with E-state index in [0.717, 1.165) is 45.0 Å². The molecule has 0 radical (unpaired) electrons. The fourth-order valence-corrected chi connectivity index (χ4v) is 3.19. The SMILES string of the molecule is CCN1CCN(Cc2cc(CNC)ccc2OC)CC1C. The minimum atomic E-state index is 0.634. The van der Waals surface area contributed by atoms with Crippen LogP contribution in [0.15, 0.2) is 18.2 Å². The molecular formula is C17H29N3O. The monoisotopic (exact) mass is 291 g/mol. The smallest absolute Gasteiger partial charge is 0.123 e. The average molecular weight is 291 g/mol. The number of methoxy groups -OCH3 is 1. The summed E-state index contributed by atoms with van der Waals surface area (Å²) in [6.45, 7) is 11.0. The summed E-state index contributed by atoms with van der Waals surface area (Å²) in [6, 6.07) is 7.13. The number of hydrogen-bond donors (Lipinski definition) is 1. The number of hydrogen-bond acceptors (Lipinski definition) is 4. The third kappa shape index (κ3) is 4.19. The van der Waals surface area contributed by atoms with Gasteiger partial charge in [0.25, 0.3) is 0 Å². The van der Waals surface area contributed by atoms with Crippen molar-refractivity contribution in [2.45, 2.75) is 33.0 Å². The third-order valence-electron chi connectivity index (χ3n) is 4.38. The van der Waals surface area contributed by atoms with E-state index in [1.165, 1.54) is 11.1 Å². The highest BCUT2D eigenvalue weighted by Crippen LogP contribution is 2.23. The second-order valence-electron chi connectivity index (χ2n) is 5.89. The van der Waals surface area contributed by atoms with E-state index in [4.69, 9.17) is 4.74 Å². The minimum Gasteiger partial charge on any atom is -0.496 e. The van der Waals surface area contributed by atoms with Crippen molar-refractivity contribution in [2.75, 3.05) is 40.3 Å². The van der Waals surface area contributed by atoms with Crippen molar-refractivity contribution < 1.29 is 4.74 Å². The molecule has 0 bridgehead atoms. The Hall–Kier alpha value is -1.10. The molecule has 1 atom stereocenters. The van der Waals surface area contributed by atoms with Gasteiger partial charge in [-0.05, 0) is 38.2 Å². The molecule has 0 aromatic heterocycles. The first-order chi connectivity index (χ1) is 10.2. The van der Waals surface area contributed by atoms with Gasteiger partial charge in [0.2, 0.25) is 0 Å². The molecule has 0 spiro atoms. The van der Waals surface area contributed by atoms with Gasteiger partial charge in [0.05, 0.1) is 7.11 Å². The largest absolute Gasteiger partial charge is 0.496 e. The lowest BCUT2D eigenvalue weighted by Crippen LogP contribution is -2.51. The molecule has 0 aliphatic carbocycles. The summed E-state index contributed by atoms with van der Waals surface area (Å²) in [5.74, 6) is 1.00. The van der Waals surface area contributed by atoms with Gasteiger partial charge in [-0.1, -0.05) is 13.0 Å². The Kier molecular flexibility index (Phi) is 6.03. The number of likely N-dealkylation sites (N-methyl/N-ethyl adjacent to an activating group) is 1. The zero-order valence-electron chi connectivity index (χ0n) is 13.9. The standard InChI is InChI=1S/C17H29N3O/c1-5-20-9-8-19(12-14(20)2)13-16-10-15(11-18-3)6-7-17(16)21-4/h6-7,10,14,18H,5,8-9,11-13H2,1-4H3. The Bertz CT molecular complexity index is 450. The zero-order chi connectivity index (χ0) is 15.2. The predicted octanol–water partition coefficient (Wildman–Crippen LogP) is 1.94. The first-order valence-electron chi connectivity index (χ1n) is 7.94. The van der Waals surface area contributed by atoms with Crippen molar-refractivity contribution in [1.29, 1.82) is 0 Å². The molecule has 4 heteroatoms. The minimum absolute atomic E-state index is 0.634. The quantitative estimate of drug-likeness (QED) is 0.867. The Balaban J connectivity index is 2.06. The highest BCUT2D eigenvalue weighted by molar-refractivity contribution is 5.37. The van der Waals surface area contributed by atoms with E-state index >= 15 is 0 Å². The molecule has 1 fully saturated rings. The number of ether oxygens (including phenoxy) is 1. The molecule has 1 aliphatic rings. The second kappa shape index (κ2) is 7.78. The predicted molar refractivity (Wildman–Crippen MR) is 87.7 cm³/mol. The summed E-state index contributed by atoms with van der Waals surface area (Å²) in [7, 11) is 3.74. The van der Waals surface area contributed by atoms with Crippen molar-refractivity contribution in [3.8, 4) is 5.75 Å².